The quantitative estimate of drug-likeness (QED) is 0.227. The number of amides is 1. The number of ether oxygens (including phenoxy) is 2. The van der Waals surface area contributed by atoms with E-state index in [-0.39, 0.29) is 12.7 Å². The minimum absolute atomic E-state index is 0.178. The first-order valence-corrected chi connectivity index (χ1v) is 12.2. The number of unbranched alkanes of at least 4 members (excludes halogenated alkanes) is 14. The smallest absolute Gasteiger partial charge is 0.407 e. The zero-order valence-electron chi connectivity index (χ0n) is 19.3. The molecule has 6 nitrogen and oxygen atoms in total. The summed E-state index contributed by atoms with van der Waals surface area (Å²) in [5, 5.41) is 6.45. The molecule has 0 aliphatic rings. The Morgan fingerprint density at radius 2 is 1.47 bits per heavy atom. The summed E-state index contributed by atoms with van der Waals surface area (Å²) >= 11 is 0. The number of nitrogens with zero attached hydrogens (tertiary/aromatic N) is 1. The summed E-state index contributed by atoms with van der Waals surface area (Å²) in [6, 6.07) is 1.62. The van der Waals surface area contributed by atoms with Crippen molar-refractivity contribution < 1.29 is 18.8 Å². The molecule has 0 aliphatic heterocycles. The second-order valence-electron chi connectivity index (χ2n) is 8.24. The van der Waals surface area contributed by atoms with Gasteiger partial charge in [-0.2, -0.15) is 0 Å². The molecule has 0 spiro atoms. The second-order valence-corrected chi connectivity index (χ2v) is 8.24. The number of aromatic nitrogens is 1. The second kappa shape index (κ2) is 19.3. The van der Waals surface area contributed by atoms with E-state index in [4.69, 9.17) is 9.47 Å². The zero-order chi connectivity index (χ0) is 21.7. The largest absolute Gasteiger partial charge is 0.469 e. The summed E-state index contributed by atoms with van der Waals surface area (Å²) in [7, 11) is 0. The van der Waals surface area contributed by atoms with Crippen LogP contribution in [0.3, 0.4) is 0 Å². The van der Waals surface area contributed by atoms with E-state index in [1.165, 1.54) is 89.7 Å². The van der Waals surface area contributed by atoms with Gasteiger partial charge in [-0.1, -0.05) is 96.8 Å². The van der Waals surface area contributed by atoms with Crippen LogP contribution in [-0.2, 0) is 4.74 Å². The average Bonchev–Trinajstić information content (AvgIpc) is 3.25. The monoisotopic (exact) mass is 424 g/mol. The Bertz CT molecular complexity index is 493. The van der Waals surface area contributed by atoms with Crippen LogP contribution >= 0.6 is 0 Å². The van der Waals surface area contributed by atoms with Gasteiger partial charge >= 0.3 is 6.09 Å². The third-order valence-electron chi connectivity index (χ3n) is 5.23. The molecule has 30 heavy (non-hydrogen) atoms. The minimum Gasteiger partial charge on any atom is -0.469 e. The van der Waals surface area contributed by atoms with Crippen molar-refractivity contribution in [3.8, 4) is 5.88 Å². The Balaban J connectivity index is 1.77. The van der Waals surface area contributed by atoms with Gasteiger partial charge in [-0.3, -0.25) is 0 Å². The van der Waals surface area contributed by atoms with E-state index < -0.39 is 6.09 Å². The third-order valence-corrected chi connectivity index (χ3v) is 5.23. The summed E-state index contributed by atoms with van der Waals surface area (Å²) in [4.78, 5) is 11.7. The lowest BCUT2D eigenvalue weighted by Gasteiger charge is -2.13. The molecule has 0 saturated heterocycles. The number of hydrogen-bond acceptors (Lipinski definition) is 5. The highest BCUT2D eigenvalue weighted by Gasteiger charge is 2.09. The van der Waals surface area contributed by atoms with Crippen LogP contribution in [0, 0.1) is 0 Å². The molecule has 1 unspecified atom stereocenters. The molecule has 1 atom stereocenters. The Kier molecular flexibility index (Phi) is 16.9. The van der Waals surface area contributed by atoms with Crippen LogP contribution in [-0.4, -0.2) is 30.5 Å². The van der Waals surface area contributed by atoms with Crippen molar-refractivity contribution >= 4 is 6.09 Å². The van der Waals surface area contributed by atoms with Crippen LogP contribution in [0.15, 0.2) is 16.9 Å². The van der Waals surface area contributed by atoms with Crippen LogP contribution in [0.4, 0.5) is 4.79 Å². The van der Waals surface area contributed by atoms with E-state index in [9.17, 15) is 4.79 Å². The highest BCUT2D eigenvalue weighted by molar-refractivity contribution is 5.67. The maximum absolute atomic E-state index is 11.7. The molecule has 1 aromatic rings. The Morgan fingerprint density at radius 1 is 0.933 bits per heavy atom. The van der Waals surface area contributed by atoms with Gasteiger partial charge in [0.05, 0.1) is 0 Å². The lowest BCUT2D eigenvalue weighted by Crippen LogP contribution is -2.29. The first-order chi connectivity index (χ1) is 14.7. The van der Waals surface area contributed by atoms with Crippen molar-refractivity contribution in [3.63, 3.8) is 0 Å². The van der Waals surface area contributed by atoms with E-state index in [0.717, 1.165) is 12.8 Å². The Morgan fingerprint density at radius 3 is 1.97 bits per heavy atom. The van der Waals surface area contributed by atoms with Crippen molar-refractivity contribution in [3.05, 3.63) is 12.3 Å². The van der Waals surface area contributed by atoms with Gasteiger partial charge in [-0.05, 0) is 18.5 Å². The van der Waals surface area contributed by atoms with Crippen LogP contribution in [0.5, 0.6) is 5.88 Å². The molecule has 1 N–H and O–H groups in total. The number of hydrogen-bond donors (Lipinski definition) is 1. The molecule has 0 radical (unpaired) electrons. The Hall–Kier alpha value is -1.72. The molecule has 1 rings (SSSR count). The molecule has 0 aliphatic carbocycles. The fourth-order valence-electron chi connectivity index (χ4n) is 3.43. The molecule has 1 amide bonds. The highest BCUT2D eigenvalue weighted by atomic mass is 16.6. The maximum atomic E-state index is 11.7. The van der Waals surface area contributed by atoms with E-state index in [1.807, 2.05) is 6.92 Å². The molecule has 0 bridgehead atoms. The SMILES string of the molecule is CCCCCCCCCCCCCCCCCNC(=O)OCC(C)Oc1ccon1. The molecular formula is C24H44N2O4. The molecule has 6 heteroatoms. The summed E-state index contributed by atoms with van der Waals surface area (Å²) in [5.74, 6) is 0.393. The van der Waals surface area contributed by atoms with Crippen LogP contribution in [0.1, 0.15) is 110 Å². The van der Waals surface area contributed by atoms with Gasteiger partial charge in [0.2, 0.25) is 0 Å². The third kappa shape index (κ3) is 16.1. The zero-order valence-corrected chi connectivity index (χ0v) is 19.3. The van der Waals surface area contributed by atoms with Crippen molar-refractivity contribution in [1.82, 2.24) is 10.5 Å². The molecule has 0 aromatic carbocycles. The topological polar surface area (TPSA) is 73.6 Å². The first-order valence-electron chi connectivity index (χ1n) is 12.2. The van der Waals surface area contributed by atoms with Gasteiger partial charge in [-0.15, -0.1) is 0 Å². The number of carbonyl (C=O) groups excluding carboxylic acids is 1. The number of nitrogens with one attached hydrogen (secondary N) is 1. The lowest BCUT2D eigenvalue weighted by atomic mass is 10.0. The van der Waals surface area contributed by atoms with Gasteiger partial charge in [-0.25, -0.2) is 4.79 Å². The minimum atomic E-state index is -0.393. The predicted molar refractivity (Wildman–Crippen MR) is 121 cm³/mol. The molecule has 0 saturated carbocycles. The van der Waals surface area contributed by atoms with Gasteiger partial charge in [0, 0.05) is 12.6 Å². The first kappa shape index (κ1) is 26.3. The van der Waals surface area contributed by atoms with E-state index >= 15 is 0 Å². The standard InChI is InChI=1S/C24H44N2O4/c1-3-4-5-6-7-8-9-10-11-12-13-14-15-16-17-19-25-24(27)28-21-22(2)30-23-18-20-29-26-23/h18,20,22H,3-17,19,21H2,1-2H3,(H,25,27). The van der Waals surface area contributed by atoms with E-state index in [0.29, 0.717) is 12.4 Å². The maximum Gasteiger partial charge on any atom is 0.407 e. The van der Waals surface area contributed by atoms with Gasteiger partial charge in [0.25, 0.3) is 5.88 Å². The van der Waals surface area contributed by atoms with Crippen LogP contribution < -0.4 is 10.1 Å². The highest BCUT2D eigenvalue weighted by Crippen LogP contribution is 2.13. The van der Waals surface area contributed by atoms with Crippen molar-refractivity contribution in [2.45, 2.75) is 116 Å². The normalized spacial score (nSPS) is 11.9. The molecule has 1 aromatic heterocycles. The number of carbonyl (C=O) groups is 1. The summed E-state index contributed by atoms with van der Waals surface area (Å²) in [6.07, 6.45) is 20.8. The van der Waals surface area contributed by atoms with Gasteiger partial charge in [0.15, 0.2) is 0 Å². The fourth-order valence-corrected chi connectivity index (χ4v) is 3.43. The van der Waals surface area contributed by atoms with Gasteiger partial charge in [0.1, 0.15) is 19.0 Å². The average molecular weight is 425 g/mol. The van der Waals surface area contributed by atoms with Crippen molar-refractivity contribution in [1.29, 1.82) is 0 Å². The molecule has 1 heterocycles. The summed E-state index contributed by atoms with van der Waals surface area (Å²) in [6.45, 7) is 4.93. The van der Waals surface area contributed by atoms with E-state index in [2.05, 4.69) is 21.9 Å². The van der Waals surface area contributed by atoms with Gasteiger partial charge < -0.3 is 19.3 Å². The summed E-state index contributed by atoms with van der Waals surface area (Å²) in [5.41, 5.74) is 0. The molecular weight excluding hydrogens is 380 g/mol. The van der Waals surface area contributed by atoms with Crippen LogP contribution in [0.25, 0.3) is 0 Å². The molecule has 0 fully saturated rings. The van der Waals surface area contributed by atoms with Crippen molar-refractivity contribution in [2.75, 3.05) is 13.2 Å². The number of alkyl carbamates (subject to hydrolysis) is 1. The molecule has 174 valence electrons. The van der Waals surface area contributed by atoms with Crippen molar-refractivity contribution in [2.24, 2.45) is 0 Å². The lowest BCUT2D eigenvalue weighted by molar-refractivity contribution is 0.0858. The van der Waals surface area contributed by atoms with Crippen LogP contribution in [0.2, 0.25) is 0 Å². The Labute approximate surface area is 183 Å². The fraction of sp³-hybridized carbons (Fsp3) is 0.833. The number of rotatable bonds is 20. The summed E-state index contributed by atoms with van der Waals surface area (Å²) < 4.78 is 15.3. The predicted octanol–water partition coefficient (Wildman–Crippen LogP) is 7.04. The van der Waals surface area contributed by atoms with E-state index in [1.54, 1.807) is 6.07 Å².